The first-order chi connectivity index (χ1) is 10.3. The normalized spacial score (nSPS) is 20.0. The largest absolute Gasteiger partial charge is 0.444 e. The van der Waals surface area contributed by atoms with E-state index in [1.165, 1.54) is 0 Å². The average Bonchev–Trinajstić information content (AvgIpc) is 2.90. The number of amides is 1. The predicted molar refractivity (Wildman–Crippen MR) is 84.0 cm³/mol. The Balaban J connectivity index is 1.87. The molecule has 0 aromatic carbocycles. The Kier molecular flexibility index (Phi) is 4.90. The van der Waals surface area contributed by atoms with Crippen LogP contribution in [0.4, 0.5) is 4.79 Å². The molecule has 6 heteroatoms. The molecular weight excluding hydrogens is 282 g/mol. The highest BCUT2D eigenvalue weighted by Crippen LogP contribution is 2.16. The minimum Gasteiger partial charge on any atom is -0.444 e. The molecule has 1 fully saturated rings. The number of nitrogens with one attached hydrogen (secondary N) is 1. The van der Waals surface area contributed by atoms with E-state index in [4.69, 9.17) is 4.74 Å². The molecule has 1 amide bonds. The lowest BCUT2D eigenvalue weighted by Crippen LogP contribution is -2.55. The van der Waals surface area contributed by atoms with E-state index in [1.807, 2.05) is 33.8 Å². The first kappa shape index (κ1) is 16.5. The smallest absolute Gasteiger partial charge is 0.410 e. The van der Waals surface area contributed by atoms with Gasteiger partial charge in [-0.3, -0.25) is 9.69 Å². The van der Waals surface area contributed by atoms with Crippen molar-refractivity contribution >= 4 is 11.9 Å². The molecule has 0 spiro atoms. The zero-order valence-electron chi connectivity index (χ0n) is 13.8. The summed E-state index contributed by atoms with van der Waals surface area (Å²) in [7, 11) is 0. The summed E-state index contributed by atoms with van der Waals surface area (Å²) in [5, 5.41) is 0. The Morgan fingerprint density at radius 2 is 2.09 bits per heavy atom. The number of hydrogen-bond acceptors (Lipinski definition) is 4. The van der Waals surface area contributed by atoms with Gasteiger partial charge in [-0.15, -0.1) is 0 Å². The summed E-state index contributed by atoms with van der Waals surface area (Å²) < 4.78 is 5.42. The third-order valence-corrected chi connectivity index (χ3v) is 3.61. The molecule has 1 aromatic heterocycles. The summed E-state index contributed by atoms with van der Waals surface area (Å²) in [5.74, 6) is 0.0721. The summed E-state index contributed by atoms with van der Waals surface area (Å²) in [4.78, 5) is 31.0. The number of H-pyrrole nitrogens is 1. The van der Waals surface area contributed by atoms with Gasteiger partial charge in [0, 0.05) is 31.9 Å². The fraction of sp³-hybridized carbons (Fsp3) is 0.625. The number of carbonyl (C=O) groups is 2. The number of aromatic nitrogens is 1. The minimum atomic E-state index is -0.489. The maximum atomic E-state index is 12.2. The molecule has 0 unspecified atom stereocenters. The van der Waals surface area contributed by atoms with Gasteiger partial charge in [0.25, 0.3) is 0 Å². The highest BCUT2D eigenvalue weighted by molar-refractivity contribution is 5.95. The third kappa shape index (κ3) is 4.34. The molecule has 122 valence electrons. The van der Waals surface area contributed by atoms with E-state index >= 15 is 0 Å². The van der Waals surface area contributed by atoms with Gasteiger partial charge in [-0.1, -0.05) is 0 Å². The molecule has 1 saturated heterocycles. The molecule has 6 nitrogen and oxygen atoms in total. The summed E-state index contributed by atoms with van der Waals surface area (Å²) in [6.45, 7) is 9.86. The van der Waals surface area contributed by atoms with Crippen LogP contribution in [0.25, 0.3) is 0 Å². The number of aromatic amines is 1. The summed E-state index contributed by atoms with van der Waals surface area (Å²) in [6.07, 6.45) is 1.46. The predicted octanol–water partition coefficient (Wildman–Crippen LogP) is 2.14. The van der Waals surface area contributed by atoms with Crippen LogP contribution in [0.2, 0.25) is 0 Å². The number of hydrogen-bond donors (Lipinski definition) is 1. The maximum absolute atomic E-state index is 12.2. The van der Waals surface area contributed by atoms with Crippen LogP contribution in [0, 0.1) is 0 Å². The number of ketones is 1. The van der Waals surface area contributed by atoms with Crippen LogP contribution in [0.15, 0.2) is 18.3 Å². The fourth-order valence-electron chi connectivity index (χ4n) is 2.56. The maximum Gasteiger partial charge on any atom is 0.410 e. The first-order valence-electron chi connectivity index (χ1n) is 7.65. The van der Waals surface area contributed by atoms with Gasteiger partial charge < -0.3 is 14.6 Å². The van der Waals surface area contributed by atoms with Crippen molar-refractivity contribution in [3.8, 4) is 0 Å². The lowest BCUT2D eigenvalue weighted by molar-refractivity contribution is 0.00219. The van der Waals surface area contributed by atoms with E-state index < -0.39 is 5.60 Å². The van der Waals surface area contributed by atoms with Crippen molar-refractivity contribution < 1.29 is 14.3 Å². The molecule has 1 N–H and O–H groups in total. The second kappa shape index (κ2) is 6.52. The zero-order valence-corrected chi connectivity index (χ0v) is 13.8. The molecule has 2 rings (SSSR count). The number of nitrogens with zero attached hydrogens (tertiary/aromatic N) is 2. The number of carbonyl (C=O) groups excluding carboxylic acids is 2. The van der Waals surface area contributed by atoms with Crippen LogP contribution < -0.4 is 0 Å². The summed E-state index contributed by atoms with van der Waals surface area (Å²) >= 11 is 0. The number of rotatable bonds is 3. The van der Waals surface area contributed by atoms with Gasteiger partial charge in [-0.2, -0.15) is 0 Å². The molecule has 1 atom stereocenters. The lowest BCUT2D eigenvalue weighted by atomic mass is 10.1. The molecular formula is C16H25N3O3. The van der Waals surface area contributed by atoms with Crippen LogP contribution >= 0.6 is 0 Å². The topological polar surface area (TPSA) is 65.6 Å². The molecule has 0 radical (unpaired) electrons. The molecule has 1 aromatic rings. The highest BCUT2D eigenvalue weighted by atomic mass is 16.6. The van der Waals surface area contributed by atoms with Gasteiger partial charge >= 0.3 is 6.09 Å². The molecule has 1 aliphatic rings. The Hall–Kier alpha value is -1.82. The fourth-order valence-corrected chi connectivity index (χ4v) is 2.56. The van der Waals surface area contributed by atoms with Gasteiger partial charge in [0.15, 0.2) is 5.78 Å². The van der Waals surface area contributed by atoms with Crippen LogP contribution in [0.3, 0.4) is 0 Å². The van der Waals surface area contributed by atoms with Gasteiger partial charge in [0.05, 0.1) is 12.2 Å². The quantitative estimate of drug-likeness (QED) is 0.869. The standard InChI is InChI=1S/C16H25N3O3/c1-12-10-18(11-14(20)13-6-5-7-17-13)8-9-19(12)15(21)22-16(2,3)4/h5-7,12,17H,8-11H2,1-4H3/t12-/m1/s1. The molecule has 0 saturated carbocycles. The first-order valence-corrected chi connectivity index (χ1v) is 7.65. The molecule has 0 bridgehead atoms. The molecule has 22 heavy (non-hydrogen) atoms. The van der Waals surface area contributed by atoms with Crippen molar-refractivity contribution in [1.29, 1.82) is 0 Å². The van der Waals surface area contributed by atoms with Gasteiger partial charge in [-0.05, 0) is 39.8 Å². The van der Waals surface area contributed by atoms with E-state index in [0.29, 0.717) is 31.9 Å². The van der Waals surface area contributed by atoms with Gasteiger partial charge in [-0.25, -0.2) is 4.79 Å². The second-order valence-electron chi connectivity index (χ2n) is 6.76. The molecule has 2 heterocycles. The summed E-state index contributed by atoms with van der Waals surface area (Å²) in [5.41, 5.74) is 0.138. The van der Waals surface area contributed by atoms with E-state index in [2.05, 4.69) is 9.88 Å². The third-order valence-electron chi connectivity index (χ3n) is 3.61. The van der Waals surface area contributed by atoms with Crippen molar-refractivity contribution in [2.75, 3.05) is 26.2 Å². The van der Waals surface area contributed by atoms with Crippen LogP contribution in [-0.2, 0) is 4.74 Å². The zero-order chi connectivity index (χ0) is 16.3. The van der Waals surface area contributed by atoms with E-state index in [-0.39, 0.29) is 17.9 Å². The lowest BCUT2D eigenvalue weighted by Gasteiger charge is -2.39. The van der Waals surface area contributed by atoms with E-state index in [9.17, 15) is 9.59 Å². The van der Waals surface area contributed by atoms with Crippen LogP contribution in [0.5, 0.6) is 0 Å². The average molecular weight is 307 g/mol. The van der Waals surface area contributed by atoms with Crippen molar-refractivity contribution in [3.05, 3.63) is 24.0 Å². The number of piperazine rings is 1. The van der Waals surface area contributed by atoms with E-state index in [1.54, 1.807) is 17.2 Å². The SMILES string of the molecule is C[C@@H]1CN(CC(=O)c2ccc[nH]2)CCN1C(=O)OC(C)(C)C. The second-order valence-corrected chi connectivity index (χ2v) is 6.76. The van der Waals surface area contributed by atoms with Crippen molar-refractivity contribution in [1.82, 2.24) is 14.8 Å². The van der Waals surface area contributed by atoms with Gasteiger partial charge in [0.2, 0.25) is 0 Å². The number of ether oxygens (including phenoxy) is 1. The molecule has 1 aliphatic heterocycles. The van der Waals surface area contributed by atoms with Crippen LogP contribution in [-0.4, -0.2) is 64.5 Å². The summed E-state index contributed by atoms with van der Waals surface area (Å²) in [6, 6.07) is 3.62. The Labute approximate surface area is 131 Å². The Morgan fingerprint density at radius 3 is 2.64 bits per heavy atom. The molecule has 0 aliphatic carbocycles. The van der Waals surface area contributed by atoms with Gasteiger partial charge in [0.1, 0.15) is 5.60 Å². The highest BCUT2D eigenvalue weighted by Gasteiger charge is 2.31. The monoisotopic (exact) mass is 307 g/mol. The van der Waals surface area contributed by atoms with Crippen molar-refractivity contribution in [2.24, 2.45) is 0 Å². The van der Waals surface area contributed by atoms with Crippen LogP contribution in [0.1, 0.15) is 38.2 Å². The van der Waals surface area contributed by atoms with Crippen molar-refractivity contribution in [2.45, 2.75) is 39.3 Å². The minimum absolute atomic E-state index is 0.0278. The Morgan fingerprint density at radius 1 is 1.36 bits per heavy atom. The van der Waals surface area contributed by atoms with E-state index in [0.717, 1.165) is 0 Å². The van der Waals surface area contributed by atoms with Crippen molar-refractivity contribution in [3.63, 3.8) is 0 Å². The number of Topliss-reactive ketones (excluding diaryl/α,β-unsaturated/α-hetero) is 1. The Bertz CT molecular complexity index is 519.